The molecular formula is C20H23ClN2O3. The molecule has 5 nitrogen and oxygen atoms in total. The molecule has 6 heteroatoms. The standard InChI is InChI=1S/C20H23ClN2O3/c1-13-18-16(5-4-6-17(18)24)23-19(13)20(25)22-11-2-3-12-26-15-9-7-14(21)8-10-15/h7-10,23H,2-6,11-12H2,1H3,(H,22,25). The van der Waals surface area contributed by atoms with Gasteiger partial charge < -0.3 is 15.0 Å². The average Bonchev–Trinajstić information content (AvgIpc) is 2.97. The second-order valence-corrected chi connectivity index (χ2v) is 6.96. The van der Waals surface area contributed by atoms with Gasteiger partial charge in [-0.05, 0) is 62.4 Å². The summed E-state index contributed by atoms with van der Waals surface area (Å²) >= 11 is 5.83. The van der Waals surface area contributed by atoms with Crippen LogP contribution in [0.25, 0.3) is 0 Å². The van der Waals surface area contributed by atoms with Crippen molar-refractivity contribution in [3.63, 3.8) is 0 Å². The molecule has 3 rings (SSSR count). The van der Waals surface area contributed by atoms with Gasteiger partial charge in [0.2, 0.25) is 0 Å². The van der Waals surface area contributed by atoms with Gasteiger partial charge in [0, 0.05) is 29.2 Å². The lowest BCUT2D eigenvalue weighted by atomic mass is 9.94. The number of hydrogen-bond acceptors (Lipinski definition) is 3. The Labute approximate surface area is 158 Å². The van der Waals surface area contributed by atoms with E-state index < -0.39 is 0 Å². The zero-order valence-corrected chi connectivity index (χ0v) is 15.6. The first-order chi connectivity index (χ1) is 12.6. The monoisotopic (exact) mass is 374 g/mol. The highest BCUT2D eigenvalue weighted by atomic mass is 35.5. The van der Waals surface area contributed by atoms with E-state index in [-0.39, 0.29) is 11.7 Å². The van der Waals surface area contributed by atoms with E-state index in [1.54, 1.807) is 12.1 Å². The summed E-state index contributed by atoms with van der Waals surface area (Å²) in [6.07, 6.45) is 3.90. The topological polar surface area (TPSA) is 71.2 Å². The number of hydrogen-bond donors (Lipinski definition) is 2. The van der Waals surface area contributed by atoms with Crippen molar-refractivity contribution in [2.24, 2.45) is 0 Å². The fraction of sp³-hybridized carbons (Fsp3) is 0.400. The van der Waals surface area contributed by atoms with Crippen LogP contribution in [-0.4, -0.2) is 29.8 Å². The van der Waals surface area contributed by atoms with Crippen LogP contribution < -0.4 is 10.1 Å². The maximum atomic E-state index is 12.4. The highest BCUT2D eigenvalue weighted by Gasteiger charge is 2.26. The van der Waals surface area contributed by atoms with E-state index >= 15 is 0 Å². The number of H-pyrrole nitrogens is 1. The first-order valence-electron chi connectivity index (χ1n) is 8.97. The number of nitrogens with one attached hydrogen (secondary N) is 2. The van der Waals surface area contributed by atoms with Crippen molar-refractivity contribution in [2.75, 3.05) is 13.2 Å². The molecule has 0 spiro atoms. The van der Waals surface area contributed by atoms with Crippen LogP contribution in [0.3, 0.4) is 0 Å². The third-order valence-corrected chi connectivity index (χ3v) is 4.86. The minimum absolute atomic E-state index is 0.137. The molecule has 2 aromatic rings. The van der Waals surface area contributed by atoms with Gasteiger partial charge in [-0.1, -0.05) is 11.6 Å². The number of ketones is 1. The number of amides is 1. The largest absolute Gasteiger partial charge is 0.494 e. The van der Waals surface area contributed by atoms with Crippen LogP contribution in [0.4, 0.5) is 0 Å². The smallest absolute Gasteiger partial charge is 0.268 e. The van der Waals surface area contributed by atoms with Crippen LogP contribution in [0.1, 0.15) is 57.8 Å². The summed E-state index contributed by atoms with van der Waals surface area (Å²) in [5.41, 5.74) is 2.91. The predicted octanol–water partition coefficient (Wildman–Crippen LogP) is 4.08. The SMILES string of the molecule is Cc1c(C(=O)NCCCCOc2ccc(Cl)cc2)[nH]c2c1C(=O)CCC2. The van der Waals surface area contributed by atoms with E-state index in [4.69, 9.17) is 16.3 Å². The van der Waals surface area contributed by atoms with Crippen molar-refractivity contribution >= 4 is 23.3 Å². The first kappa shape index (κ1) is 18.5. The number of rotatable bonds is 7. The van der Waals surface area contributed by atoms with Gasteiger partial charge in [0.05, 0.1) is 6.61 Å². The first-order valence-corrected chi connectivity index (χ1v) is 9.35. The number of carbonyl (C=O) groups excluding carboxylic acids is 2. The molecule has 0 aliphatic heterocycles. The molecular weight excluding hydrogens is 352 g/mol. The van der Waals surface area contributed by atoms with Crippen molar-refractivity contribution in [3.05, 3.63) is 51.8 Å². The molecule has 2 N–H and O–H groups in total. The summed E-state index contributed by atoms with van der Waals surface area (Å²) in [5.74, 6) is 0.775. The molecule has 1 aromatic carbocycles. The Kier molecular flexibility index (Phi) is 5.99. The van der Waals surface area contributed by atoms with Gasteiger partial charge >= 0.3 is 0 Å². The number of Topliss-reactive ketones (excluding diaryl/α,β-unsaturated/α-hetero) is 1. The van der Waals surface area contributed by atoms with E-state index in [9.17, 15) is 9.59 Å². The van der Waals surface area contributed by atoms with Crippen molar-refractivity contribution in [2.45, 2.75) is 39.0 Å². The summed E-state index contributed by atoms with van der Waals surface area (Å²) in [5, 5.41) is 3.60. The second-order valence-electron chi connectivity index (χ2n) is 6.52. The van der Waals surface area contributed by atoms with Gasteiger partial charge in [-0.3, -0.25) is 9.59 Å². The predicted molar refractivity (Wildman–Crippen MR) is 101 cm³/mol. The third-order valence-electron chi connectivity index (χ3n) is 4.60. The van der Waals surface area contributed by atoms with Gasteiger partial charge in [0.15, 0.2) is 5.78 Å². The number of benzene rings is 1. The van der Waals surface area contributed by atoms with Gasteiger partial charge in [-0.25, -0.2) is 0 Å². The number of fused-ring (bicyclic) bond motifs is 1. The molecule has 0 saturated carbocycles. The zero-order chi connectivity index (χ0) is 18.5. The minimum Gasteiger partial charge on any atom is -0.494 e. The highest BCUT2D eigenvalue weighted by Crippen LogP contribution is 2.26. The molecule has 0 unspecified atom stereocenters. The average molecular weight is 375 g/mol. The second kappa shape index (κ2) is 8.41. The molecule has 26 heavy (non-hydrogen) atoms. The van der Waals surface area contributed by atoms with E-state index in [1.165, 1.54) is 0 Å². The van der Waals surface area contributed by atoms with Crippen LogP contribution in [0.5, 0.6) is 5.75 Å². The summed E-state index contributed by atoms with van der Waals surface area (Å²) in [4.78, 5) is 27.6. The van der Waals surface area contributed by atoms with Crippen LogP contribution in [-0.2, 0) is 6.42 Å². The zero-order valence-electron chi connectivity index (χ0n) is 14.9. The number of aromatic amines is 1. The highest BCUT2D eigenvalue weighted by molar-refractivity contribution is 6.30. The van der Waals surface area contributed by atoms with E-state index in [2.05, 4.69) is 10.3 Å². The van der Waals surface area contributed by atoms with Crippen molar-refractivity contribution < 1.29 is 14.3 Å². The molecule has 0 fully saturated rings. The third kappa shape index (κ3) is 4.28. The quantitative estimate of drug-likeness (QED) is 0.717. The summed E-state index contributed by atoms with van der Waals surface area (Å²) < 4.78 is 5.62. The molecule has 1 heterocycles. The number of unbranched alkanes of at least 4 members (excludes halogenated alkanes) is 1. The Morgan fingerprint density at radius 3 is 2.73 bits per heavy atom. The Morgan fingerprint density at radius 1 is 1.23 bits per heavy atom. The molecule has 1 aromatic heterocycles. The molecule has 1 amide bonds. The molecule has 0 atom stereocenters. The Bertz CT molecular complexity index is 796. The number of halogens is 1. The fourth-order valence-electron chi connectivity index (χ4n) is 3.24. The van der Waals surface area contributed by atoms with Crippen molar-refractivity contribution in [1.82, 2.24) is 10.3 Å². The minimum atomic E-state index is -0.150. The van der Waals surface area contributed by atoms with Crippen molar-refractivity contribution in [1.29, 1.82) is 0 Å². The lowest BCUT2D eigenvalue weighted by Gasteiger charge is -2.09. The van der Waals surface area contributed by atoms with E-state index in [1.807, 2.05) is 19.1 Å². The number of ether oxygens (including phenoxy) is 1. The number of aryl methyl sites for hydroxylation is 1. The Morgan fingerprint density at radius 2 is 2.00 bits per heavy atom. The van der Waals surface area contributed by atoms with Crippen LogP contribution in [0.2, 0.25) is 5.02 Å². The molecule has 0 radical (unpaired) electrons. The maximum absolute atomic E-state index is 12.4. The fourth-order valence-corrected chi connectivity index (χ4v) is 3.37. The summed E-state index contributed by atoms with van der Waals surface area (Å²) in [6.45, 7) is 3.00. The normalized spacial score (nSPS) is 13.4. The van der Waals surface area contributed by atoms with Gasteiger partial charge in [0.1, 0.15) is 11.4 Å². The lowest BCUT2D eigenvalue weighted by molar-refractivity contribution is 0.0946. The Hall–Kier alpha value is -2.27. The molecule has 138 valence electrons. The van der Waals surface area contributed by atoms with Crippen LogP contribution >= 0.6 is 11.6 Å². The van der Waals surface area contributed by atoms with Crippen LogP contribution in [0.15, 0.2) is 24.3 Å². The maximum Gasteiger partial charge on any atom is 0.268 e. The van der Waals surface area contributed by atoms with Gasteiger partial charge in [0.25, 0.3) is 5.91 Å². The number of carbonyl (C=O) groups is 2. The molecule has 1 aliphatic carbocycles. The summed E-state index contributed by atoms with van der Waals surface area (Å²) in [7, 11) is 0. The lowest BCUT2D eigenvalue weighted by Crippen LogP contribution is -2.25. The van der Waals surface area contributed by atoms with E-state index in [0.717, 1.165) is 48.3 Å². The van der Waals surface area contributed by atoms with Gasteiger partial charge in [-0.15, -0.1) is 0 Å². The van der Waals surface area contributed by atoms with E-state index in [0.29, 0.717) is 30.3 Å². The summed E-state index contributed by atoms with van der Waals surface area (Å²) in [6, 6.07) is 7.25. The molecule has 0 saturated heterocycles. The molecule has 0 bridgehead atoms. The molecule has 1 aliphatic rings. The number of aromatic nitrogens is 1. The van der Waals surface area contributed by atoms with Gasteiger partial charge in [-0.2, -0.15) is 0 Å². The van der Waals surface area contributed by atoms with Crippen molar-refractivity contribution in [3.8, 4) is 5.75 Å². The van der Waals surface area contributed by atoms with Crippen LogP contribution in [0, 0.1) is 6.92 Å². The Balaban J connectivity index is 1.42.